The number of hydrogen-bond donors (Lipinski definition) is 1. The molecule has 92 valence electrons. The molecule has 0 saturated heterocycles. The molecule has 0 unspecified atom stereocenters. The van der Waals surface area contributed by atoms with Gasteiger partial charge >= 0.3 is 0 Å². The molecule has 2 aromatic carbocycles. The molecule has 2 aromatic rings. The molecule has 1 N–H and O–H groups in total. The second-order valence-electron chi connectivity index (χ2n) is 4.42. The number of benzene rings is 2. The lowest BCUT2D eigenvalue weighted by Gasteiger charge is -2.15. The molecule has 2 nitrogen and oxygen atoms in total. The predicted octanol–water partition coefficient (Wildman–Crippen LogP) is 3.49. The minimum atomic E-state index is -0.0237. The summed E-state index contributed by atoms with van der Waals surface area (Å²) in [6, 6.07) is 17.6. The van der Waals surface area contributed by atoms with Gasteiger partial charge in [0, 0.05) is 5.56 Å². The molecule has 0 saturated carbocycles. The normalized spacial score (nSPS) is 11.9. The number of rotatable bonds is 3. The Kier molecular flexibility index (Phi) is 3.78. The maximum absolute atomic E-state index is 12.1. The lowest BCUT2D eigenvalue weighted by molar-refractivity contribution is 0.0939. The zero-order chi connectivity index (χ0) is 13.0. The summed E-state index contributed by atoms with van der Waals surface area (Å²) in [5.41, 5.74) is 2.84. The highest BCUT2D eigenvalue weighted by atomic mass is 16.1. The maximum atomic E-state index is 12.1. The zero-order valence-electron chi connectivity index (χ0n) is 10.7. The minimum Gasteiger partial charge on any atom is -0.346 e. The Morgan fingerprint density at radius 2 is 1.61 bits per heavy atom. The Morgan fingerprint density at radius 1 is 1.00 bits per heavy atom. The monoisotopic (exact) mass is 239 g/mol. The van der Waals surface area contributed by atoms with Crippen LogP contribution in [-0.4, -0.2) is 5.91 Å². The van der Waals surface area contributed by atoms with E-state index in [-0.39, 0.29) is 11.9 Å². The molecule has 0 heterocycles. The van der Waals surface area contributed by atoms with Gasteiger partial charge < -0.3 is 5.32 Å². The van der Waals surface area contributed by atoms with Gasteiger partial charge in [0.15, 0.2) is 0 Å². The first-order valence-corrected chi connectivity index (χ1v) is 6.10. The minimum absolute atomic E-state index is 0.0123. The van der Waals surface area contributed by atoms with E-state index in [9.17, 15) is 4.79 Å². The quantitative estimate of drug-likeness (QED) is 0.872. The van der Waals surface area contributed by atoms with Gasteiger partial charge in [0.05, 0.1) is 6.04 Å². The van der Waals surface area contributed by atoms with Gasteiger partial charge in [-0.25, -0.2) is 0 Å². The van der Waals surface area contributed by atoms with Gasteiger partial charge in [0.1, 0.15) is 0 Å². The van der Waals surface area contributed by atoms with E-state index in [0.717, 1.165) is 16.7 Å². The molecule has 1 atom stereocenters. The van der Waals surface area contributed by atoms with Crippen LogP contribution in [0.4, 0.5) is 0 Å². The van der Waals surface area contributed by atoms with Gasteiger partial charge in [-0.05, 0) is 31.0 Å². The molecule has 1 amide bonds. The topological polar surface area (TPSA) is 29.1 Å². The predicted molar refractivity (Wildman–Crippen MR) is 73.5 cm³/mol. The highest BCUT2D eigenvalue weighted by Gasteiger charge is 2.12. The smallest absolute Gasteiger partial charge is 0.252 e. The summed E-state index contributed by atoms with van der Waals surface area (Å²) in [6.07, 6.45) is 0. The molecule has 0 aliphatic rings. The van der Waals surface area contributed by atoms with Crippen LogP contribution in [0.15, 0.2) is 54.6 Å². The first-order chi connectivity index (χ1) is 8.68. The SMILES string of the molecule is Cc1ccccc1C(=O)N[C@@H](C)c1ccccc1. The molecule has 0 bridgehead atoms. The van der Waals surface area contributed by atoms with Crippen LogP contribution in [0, 0.1) is 6.92 Å². The van der Waals surface area contributed by atoms with Crippen LogP contribution in [0.2, 0.25) is 0 Å². The second kappa shape index (κ2) is 5.50. The highest BCUT2D eigenvalue weighted by molar-refractivity contribution is 5.95. The average molecular weight is 239 g/mol. The Morgan fingerprint density at radius 3 is 2.28 bits per heavy atom. The van der Waals surface area contributed by atoms with Crippen LogP contribution in [0.1, 0.15) is 34.5 Å². The van der Waals surface area contributed by atoms with E-state index in [0.29, 0.717) is 0 Å². The summed E-state index contributed by atoms with van der Waals surface area (Å²) in [5, 5.41) is 3.01. The van der Waals surface area contributed by atoms with Crippen molar-refractivity contribution in [2.75, 3.05) is 0 Å². The first-order valence-electron chi connectivity index (χ1n) is 6.10. The number of carbonyl (C=O) groups is 1. The van der Waals surface area contributed by atoms with Crippen molar-refractivity contribution in [2.45, 2.75) is 19.9 Å². The van der Waals surface area contributed by atoms with Crippen LogP contribution < -0.4 is 5.32 Å². The van der Waals surface area contributed by atoms with E-state index in [1.807, 2.05) is 68.4 Å². The largest absolute Gasteiger partial charge is 0.346 e. The maximum Gasteiger partial charge on any atom is 0.252 e. The third kappa shape index (κ3) is 2.77. The van der Waals surface area contributed by atoms with Gasteiger partial charge in [-0.3, -0.25) is 4.79 Å². The lowest BCUT2D eigenvalue weighted by Crippen LogP contribution is -2.27. The van der Waals surface area contributed by atoms with Crippen molar-refractivity contribution in [3.63, 3.8) is 0 Å². The van der Waals surface area contributed by atoms with Crippen LogP contribution in [0.5, 0.6) is 0 Å². The van der Waals surface area contributed by atoms with Crippen molar-refractivity contribution in [1.29, 1.82) is 0 Å². The first kappa shape index (κ1) is 12.4. The van der Waals surface area contributed by atoms with Crippen molar-refractivity contribution in [3.8, 4) is 0 Å². The molecular formula is C16H17NO. The Hall–Kier alpha value is -2.09. The molecule has 0 fully saturated rings. The van der Waals surface area contributed by atoms with E-state index < -0.39 is 0 Å². The van der Waals surface area contributed by atoms with Gasteiger partial charge in [0.25, 0.3) is 5.91 Å². The van der Waals surface area contributed by atoms with E-state index in [2.05, 4.69) is 5.32 Å². The number of carbonyl (C=O) groups excluding carboxylic acids is 1. The van der Waals surface area contributed by atoms with Crippen LogP contribution in [0.3, 0.4) is 0 Å². The van der Waals surface area contributed by atoms with Crippen LogP contribution in [0.25, 0.3) is 0 Å². The fourth-order valence-corrected chi connectivity index (χ4v) is 1.93. The van der Waals surface area contributed by atoms with Crippen molar-refractivity contribution in [1.82, 2.24) is 5.32 Å². The van der Waals surface area contributed by atoms with Crippen LogP contribution >= 0.6 is 0 Å². The molecule has 0 aliphatic carbocycles. The molecule has 0 aliphatic heterocycles. The zero-order valence-corrected chi connectivity index (χ0v) is 10.7. The molecule has 0 spiro atoms. The van der Waals surface area contributed by atoms with Crippen LogP contribution in [-0.2, 0) is 0 Å². The number of amides is 1. The molecule has 2 heteroatoms. The fraction of sp³-hybridized carbons (Fsp3) is 0.188. The molecule has 0 radical (unpaired) electrons. The van der Waals surface area contributed by atoms with E-state index in [1.165, 1.54) is 0 Å². The summed E-state index contributed by atoms with van der Waals surface area (Å²) in [5.74, 6) is -0.0237. The van der Waals surface area contributed by atoms with Gasteiger partial charge in [0.2, 0.25) is 0 Å². The summed E-state index contributed by atoms with van der Waals surface area (Å²) in [7, 11) is 0. The van der Waals surface area contributed by atoms with Crippen molar-refractivity contribution in [2.24, 2.45) is 0 Å². The summed E-state index contributed by atoms with van der Waals surface area (Å²) in [6.45, 7) is 3.94. The molecular weight excluding hydrogens is 222 g/mol. The van der Waals surface area contributed by atoms with Gasteiger partial charge in [-0.1, -0.05) is 48.5 Å². The Bertz CT molecular complexity index is 534. The third-order valence-electron chi connectivity index (χ3n) is 3.04. The number of hydrogen-bond acceptors (Lipinski definition) is 1. The number of nitrogens with one attached hydrogen (secondary N) is 1. The Balaban J connectivity index is 2.11. The number of aryl methyl sites for hydroxylation is 1. The second-order valence-corrected chi connectivity index (χ2v) is 4.42. The highest BCUT2D eigenvalue weighted by Crippen LogP contribution is 2.13. The average Bonchev–Trinajstić information content (AvgIpc) is 2.40. The third-order valence-corrected chi connectivity index (χ3v) is 3.04. The van der Waals surface area contributed by atoms with Gasteiger partial charge in [-0.2, -0.15) is 0 Å². The van der Waals surface area contributed by atoms with Crippen molar-refractivity contribution >= 4 is 5.91 Å². The van der Waals surface area contributed by atoms with Crippen molar-refractivity contribution in [3.05, 3.63) is 71.3 Å². The summed E-state index contributed by atoms with van der Waals surface area (Å²) in [4.78, 5) is 12.1. The van der Waals surface area contributed by atoms with Gasteiger partial charge in [-0.15, -0.1) is 0 Å². The molecule has 0 aromatic heterocycles. The molecule has 18 heavy (non-hydrogen) atoms. The summed E-state index contributed by atoms with van der Waals surface area (Å²) >= 11 is 0. The van der Waals surface area contributed by atoms with E-state index in [1.54, 1.807) is 0 Å². The Labute approximate surface area is 108 Å². The van der Waals surface area contributed by atoms with E-state index in [4.69, 9.17) is 0 Å². The van der Waals surface area contributed by atoms with E-state index >= 15 is 0 Å². The molecule has 2 rings (SSSR count). The van der Waals surface area contributed by atoms with Crippen molar-refractivity contribution < 1.29 is 4.79 Å². The fourth-order valence-electron chi connectivity index (χ4n) is 1.93. The lowest BCUT2D eigenvalue weighted by atomic mass is 10.1. The summed E-state index contributed by atoms with van der Waals surface area (Å²) < 4.78 is 0. The standard InChI is InChI=1S/C16H17NO/c1-12-8-6-7-11-15(12)16(18)17-13(2)14-9-4-3-5-10-14/h3-11,13H,1-2H3,(H,17,18)/t13-/m0/s1.